The summed E-state index contributed by atoms with van der Waals surface area (Å²) in [6.07, 6.45) is 3.79. The van der Waals surface area contributed by atoms with Gasteiger partial charge in [-0.3, -0.25) is 19.3 Å². The SMILES string of the molecule is C=C([C@H](C)O)N1CCC(n2c(=O)[nH]c(=O)c3cnc4ccc(-c5ccc(N)nc5)nc4c32)CC1. The highest BCUT2D eigenvalue weighted by molar-refractivity contribution is 6.01. The first kappa shape index (κ1) is 21.8. The van der Waals surface area contributed by atoms with Crippen LogP contribution in [0.2, 0.25) is 0 Å². The summed E-state index contributed by atoms with van der Waals surface area (Å²) < 4.78 is 1.64. The summed E-state index contributed by atoms with van der Waals surface area (Å²) >= 11 is 0. The van der Waals surface area contributed by atoms with Gasteiger partial charge in [0.15, 0.2) is 0 Å². The summed E-state index contributed by atoms with van der Waals surface area (Å²) in [6, 6.07) is 7.00. The molecule has 1 aliphatic heterocycles. The van der Waals surface area contributed by atoms with Crippen molar-refractivity contribution in [3.8, 4) is 11.3 Å². The maximum Gasteiger partial charge on any atom is 0.329 e. The number of aliphatic hydroxyl groups is 1. The third kappa shape index (κ3) is 3.71. The number of anilines is 1. The maximum atomic E-state index is 13.1. The highest BCUT2D eigenvalue weighted by Gasteiger charge is 2.26. The molecule has 0 spiro atoms. The minimum atomic E-state index is -0.631. The van der Waals surface area contributed by atoms with Crippen molar-refractivity contribution in [3.63, 3.8) is 0 Å². The van der Waals surface area contributed by atoms with E-state index in [-0.39, 0.29) is 6.04 Å². The lowest BCUT2D eigenvalue weighted by molar-refractivity contribution is 0.151. The minimum absolute atomic E-state index is 0.154. The number of hydrogen-bond donors (Lipinski definition) is 3. The molecule has 34 heavy (non-hydrogen) atoms. The quantitative estimate of drug-likeness (QED) is 0.392. The van der Waals surface area contributed by atoms with Crippen LogP contribution in [0.15, 0.2) is 58.5 Å². The number of hydrogen-bond acceptors (Lipinski definition) is 8. The van der Waals surface area contributed by atoms with Crippen LogP contribution < -0.4 is 17.0 Å². The Morgan fingerprint density at radius 1 is 1.18 bits per heavy atom. The molecule has 1 atom stereocenters. The zero-order valence-electron chi connectivity index (χ0n) is 18.7. The van der Waals surface area contributed by atoms with Gasteiger partial charge in [-0.1, -0.05) is 6.58 Å². The van der Waals surface area contributed by atoms with Crippen molar-refractivity contribution in [2.75, 3.05) is 18.8 Å². The number of aromatic amines is 1. The Morgan fingerprint density at radius 3 is 2.62 bits per heavy atom. The van der Waals surface area contributed by atoms with E-state index in [0.29, 0.717) is 65.1 Å². The lowest BCUT2D eigenvalue weighted by Crippen LogP contribution is -2.40. The molecule has 0 bridgehead atoms. The number of H-pyrrole nitrogens is 1. The van der Waals surface area contributed by atoms with Crippen LogP contribution in [0.4, 0.5) is 5.82 Å². The number of piperidine rings is 1. The van der Waals surface area contributed by atoms with E-state index in [1.165, 1.54) is 6.20 Å². The number of nitrogens with two attached hydrogens (primary N) is 1. The summed E-state index contributed by atoms with van der Waals surface area (Å²) in [6.45, 7) is 6.93. The first-order valence-corrected chi connectivity index (χ1v) is 11.1. The molecule has 5 rings (SSSR count). The number of likely N-dealkylation sites (tertiary alicyclic amines) is 1. The summed E-state index contributed by atoms with van der Waals surface area (Å²) in [7, 11) is 0. The molecule has 1 saturated heterocycles. The summed E-state index contributed by atoms with van der Waals surface area (Å²) in [5, 5.41) is 10.2. The second kappa shape index (κ2) is 8.38. The molecule has 4 aromatic rings. The van der Waals surface area contributed by atoms with Gasteiger partial charge < -0.3 is 15.7 Å². The molecule has 0 unspecified atom stereocenters. The Labute approximate surface area is 194 Å². The Kier molecular flexibility index (Phi) is 5.37. The number of aliphatic hydroxyl groups excluding tert-OH is 1. The fourth-order valence-electron chi connectivity index (χ4n) is 4.53. The molecule has 0 aromatic carbocycles. The predicted molar refractivity (Wildman–Crippen MR) is 130 cm³/mol. The fraction of sp³-hybridized carbons (Fsp3) is 0.292. The molecule has 0 amide bonds. The molecular weight excluding hydrogens is 434 g/mol. The van der Waals surface area contributed by atoms with Crippen LogP contribution in [0.1, 0.15) is 25.8 Å². The van der Waals surface area contributed by atoms with E-state index in [1.54, 1.807) is 23.8 Å². The van der Waals surface area contributed by atoms with Crippen molar-refractivity contribution in [2.45, 2.75) is 31.9 Å². The molecule has 0 radical (unpaired) electrons. The van der Waals surface area contributed by atoms with Crippen molar-refractivity contribution in [3.05, 3.63) is 69.8 Å². The molecule has 4 N–H and O–H groups in total. The first-order chi connectivity index (χ1) is 16.3. The van der Waals surface area contributed by atoms with Gasteiger partial charge in [0.1, 0.15) is 11.3 Å². The molecule has 1 aliphatic rings. The fourth-order valence-corrected chi connectivity index (χ4v) is 4.53. The Morgan fingerprint density at radius 2 is 1.94 bits per heavy atom. The van der Waals surface area contributed by atoms with Gasteiger partial charge in [-0.25, -0.2) is 14.8 Å². The Hall–Kier alpha value is -4.05. The molecule has 0 saturated carbocycles. The number of nitrogens with zero attached hydrogens (tertiary/aromatic N) is 5. The van der Waals surface area contributed by atoms with Gasteiger partial charge in [-0.2, -0.15) is 0 Å². The summed E-state index contributed by atoms with van der Waals surface area (Å²) in [5.41, 5.74) is 8.33. The number of nitrogen functional groups attached to an aromatic ring is 1. The molecule has 174 valence electrons. The highest BCUT2D eigenvalue weighted by Crippen LogP contribution is 2.29. The number of pyridine rings is 3. The molecule has 0 aliphatic carbocycles. The Balaban J connectivity index is 1.66. The van der Waals surface area contributed by atoms with Crippen LogP contribution in [0.3, 0.4) is 0 Å². The average Bonchev–Trinajstić information content (AvgIpc) is 2.84. The van der Waals surface area contributed by atoms with Gasteiger partial charge in [0, 0.05) is 42.8 Å². The topological polar surface area (TPSA) is 143 Å². The van der Waals surface area contributed by atoms with E-state index in [9.17, 15) is 14.7 Å². The molecule has 10 nitrogen and oxygen atoms in total. The van der Waals surface area contributed by atoms with Gasteiger partial charge >= 0.3 is 5.69 Å². The van der Waals surface area contributed by atoms with Crippen molar-refractivity contribution >= 4 is 27.8 Å². The number of nitrogens with one attached hydrogen (secondary N) is 1. The van der Waals surface area contributed by atoms with Crippen LogP contribution in [-0.2, 0) is 0 Å². The summed E-state index contributed by atoms with van der Waals surface area (Å²) in [4.78, 5) is 43.6. The average molecular weight is 460 g/mol. The zero-order valence-corrected chi connectivity index (χ0v) is 18.7. The zero-order chi connectivity index (χ0) is 24.0. The molecule has 4 aromatic heterocycles. The van der Waals surface area contributed by atoms with Crippen molar-refractivity contribution in [1.82, 2.24) is 29.4 Å². The van der Waals surface area contributed by atoms with Crippen LogP contribution in [0, 0.1) is 0 Å². The summed E-state index contributed by atoms with van der Waals surface area (Å²) in [5.74, 6) is 0.404. The van der Waals surface area contributed by atoms with Gasteiger partial charge in [-0.15, -0.1) is 0 Å². The molecule has 5 heterocycles. The second-order valence-corrected chi connectivity index (χ2v) is 8.57. The smallest absolute Gasteiger partial charge is 0.329 e. The van der Waals surface area contributed by atoms with Crippen LogP contribution in [-0.4, -0.2) is 53.7 Å². The van der Waals surface area contributed by atoms with Crippen LogP contribution >= 0.6 is 0 Å². The van der Waals surface area contributed by atoms with E-state index in [1.807, 2.05) is 23.1 Å². The number of aromatic nitrogens is 5. The third-order valence-electron chi connectivity index (χ3n) is 6.41. The Bertz CT molecular complexity index is 1510. The van der Waals surface area contributed by atoms with Crippen LogP contribution in [0.25, 0.3) is 33.2 Å². The van der Waals surface area contributed by atoms with Crippen molar-refractivity contribution in [1.29, 1.82) is 0 Å². The predicted octanol–water partition coefficient (Wildman–Crippen LogP) is 1.81. The van der Waals surface area contributed by atoms with E-state index in [4.69, 9.17) is 10.7 Å². The van der Waals surface area contributed by atoms with Gasteiger partial charge in [0.05, 0.1) is 28.2 Å². The molecular formula is C24H25N7O3. The first-order valence-electron chi connectivity index (χ1n) is 11.1. The molecule has 1 fully saturated rings. The van der Waals surface area contributed by atoms with Crippen molar-refractivity contribution < 1.29 is 5.11 Å². The van der Waals surface area contributed by atoms with Gasteiger partial charge in [0.2, 0.25) is 0 Å². The monoisotopic (exact) mass is 459 g/mol. The minimum Gasteiger partial charge on any atom is -0.387 e. The lowest BCUT2D eigenvalue weighted by Gasteiger charge is -2.36. The van der Waals surface area contributed by atoms with Gasteiger partial charge in [0.25, 0.3) is 5.56 Å². The van der Waals surface area contributed by atoms with E-state index >= 15 is 0 Å². The van der Waals surface area contributed by atoms with E-state index < -0.39 is 17.4 Å². The van der Waals surface area contributed by atoms with Crippen molar-refractivity contribution in [2.24, 2.45) is 0 Å². The maximum absolute atomic E-state index is 13.1. The normalized spacial score (nSPS) is 15.6. The standard InChI is InChI=1S/C24H25N7O3/c1-13(14(2)32)30-9-7-16(8-10-30)31-22-17(23(33)29-24(31)34)12-26-19-5-4-18(28-21(19)22)15-3-6-20(25)27-11-15/h3-6,11-12,14,16,32H,1,7-10H2,2H3,(H2,25,27)(H,29,33,34)/t14-/m0/s1. The van der Waals surface area contributed by atoms with E-state index in [2.05, 4.69) is 21.5 Å². The highest BCUT2D eigenvalue weighted by atomic mass is 16.3. The second-order valence-electron chi connectivity index (χ2n) is 8.57. The number of fused-ring (bicyclic) bond motifs is 3. The third-order valence-corrected chi connectivity index (χ3v) is 6.41. The number of rotatable bonds is 4. The van der Waals surface area contributed by atoms with Gasteiger partial charge in [-0.05, 0) is 44.0 Å². The largest absolute Gasteiger partial charge is 0.387 e. The van der Waals surface area contributed by atoms with Crippen LogP contribution in [0.5, 0.6) is 0 Å². The lowest BCUT2D eigenvalue weighted by atomic mass is 10.0. The molecule has 10 heteroatoms. The van der Waals surface area contributed by atoms with E-state index in [0.717, 1.165) is 5.56 Å².